The van der Waals surface area contributed by atoms with Crippen LogP contribution in [0.1, 0.15) is 0 Å². The summed E-state index contributed by atoms with van der Waals surface area (Å²) in [5, 5.41) is 82.8. The number of carbonyl (C=O) groups is 3. The lowest BCUT2D eigenvalue weighted by Crippen LogP contribution is -2.50. The average molecular weight is 452 g/mol. The third-order valence-electron chi connectivity index (χ3n) is 3.37. The highest BCUT2D eigenvalue weighted by Gasteiger charge is 2.43. The van der Waals surface area contributed by atoms with Crippen LogP contribution in [0.5, 0.6) is 0 Å². The van der Waals surface area contributed by atoms with E-state index in [1.54, 1.807) is 0 Å². The number of carboxylic acids is 2. The molecule has 0 saturated carbocycles. The van der Waals surface area contributed by atoms with Crippen LogP contribution in [0.2, 0.25) is 0 Å². The third-order valence-corrected chi connectivity index (χ3v) is 4.34. The van der Waals surface area contributed by atoms with Crippen molar-refractivity contribution in [3.05, 3.63) is 0 Å². The largest absolute Gasteiger partial charge is 0.479 e. The number of hydrogen-bond acceptors (Lipinski definition) is 13. The molecule has 0 aliphatic heterocycles. The molecule has 170 valence electrons. The van der Waals surface area contributed by atoms with Crippen molar-refractivity contribution in [1.82, 2.24) is 0 Å². The molecule has 0 aromatic carbocycles. The van der Waals surface area contributed by atoms with Crippen molar-refractivity contribution >= 4 is 26.0 Å². The summed E-state index contributed by atoms with van der Waals surface area (Å²) in [5.74, 6) is -4.24. The van der Waals surface area contributed by atoms with Crippen LogP contribution in [0, 0.1) is 0 Å². The summed E-state index contributed by atoms with van der Waals surface area (Å²) >= 11 is 0. The number of aliphatic hydroxyl groups excluding tert-OH is 7. The molecule has 0 fully saturated rings. The Kier molecular flexibility index (Phi) is 11.0. The van der Waals surface area contributed by atoms with E-state index in [4.69, 9.17) is 20.4 Å². The molecule has 1 unspecified atom stereocenters. The van der Waals surface area contributed by atoms with Crippen LogP contribution in [0.3, 0.4) is 0 Å². The van der Waals surface area contributed by atoms with Gasteiger partial charge in [0.1, 0.15) is 36.6 Å². The topological polar surface area (TPSA) is 289 Å². The van der Waals surface area contributed by atoms with E-state index in [0.29, 0.717) is 0 Å². The molecule has 29 heavy (non-hydrogen) atoms. The van der Waals surface area contributed by atoms with Crippen LogP contribution in [0.15, 0.2) is 0 Å². The fourth-order valence-corrected chi connectivity index (χ4v) is 2.62. The Hall–Kier alpha value is -1.56. The van der Waals surface area contributed by atoms with Crippen molar-refractivity contribution < 1.29 is 78.8 Å². The fraction of sp³-hybridized carbons (Fsp3) is 0.750. The molecule has 0 heterocycles. The van der Waals surface area contributed by atoms with Crippen molar-refractivity contribution in [2.75, 3.05) is 6.61 Å². The summed E-state index contributed by atoms with van der Waals surface area (Å²) in [5.41, 5.74) is 0. The van der Waals surface area contributed by atoms with E-state index < -0.39 is 75.2 Å². The summed E-state index contributed by atoms with van der Waals surface area (Å²) < 4.78 is 20.0. The van der Waals surface area contributed by atoms with Gasteiger partial charge in [-0.25, -0.2) is 14.2 Å². The predicted octanol–water partition coefficient (Wildman–Crippen LogP) is -5.62. The molecule has 0 aliphatic carbocycles. The van der Waals surface area contributed by atoms with E-state index in [1.165, 1.54) is 0 Å². The van der Waals surface area contributed by atoms with Crippen molar-refractivity contribution in [1.29, 1.82) is 0 Å². The Morgan fingerprint density at radius 2 is 1.38 bits per heavy atom. The molecule has 16 nitrogen and oxygen atoms in total. The number of rotatable bonds is 14. The zero-order valence-electron chi connectivity index (χ0n) is 14.3. The molecule has 17 heteroatoms. The Morgan fingerprint density at radius 1 is 0.862 bits per heavy atom. The number of phosphoric acid groups is 1. The van der Waals surface area contributed by atoms with Gasteiger partial charge in [0.05, 0.1) is 6.61 Å². The monoisotopic (exact) mass is 452 g/mol. The second-order valence-electron chi connectivity index (χ2n) is 5.57. The van der Waals surface area contributed by atoms with Gasteiger partial charge in [0.25, 0.3) is 0 Å². The van der Waals surface area contributed by atoms with Gasteiger partial charge in [0.15, 0.2) is 18.5 Å². The summed E-state index contributed by atoms with van der Waals surface area (Å²) in [6.45, 7) is -1.32. The van der Waals surface area contributed by atoms with Gasteiger partial charge in [-0.3, -0.25) is 9.05 Å². The van der Waals surface area contributed by atoms with E-state index in [-0.39, 0.29) is 6.29 Å². The first kappa shape index (κ1) is 27.4. The van der Waals surface area contributed by atoms with E-state index >= 15 is 0 Å². The summed E-state index contributed by atoms with van der Waals surface area (Å²) in [6.07, 6.45) is -19.9. The zero-order chi connectivity index (χ0) is 23.1. The Morgan fingerprint density at radius 3 is 1.79 bits per heavy atom. The Labute approximate surface area is 161 Å². The smallest absolute Gasteiger partial charge is 0.473 e. The molecule has 0 aromatic heterocycles. The summed E-state index contributed by atoms with van der Waals surface area (Å²) in [4.78, 5) is 41.3. The molecule has 0 radical (unpaired) electrons. The number of carbonyl (C=O) groups excluding carboxylic acids is 1. The maximum atomic E-state index is 11.8. The van der Waals surface area contributed by atoms with Crippen molar-refractivity contribution in [3.8, 4) is 0 Å². The van der Waals surface area contributed by atoms with Crippen LogP contribution < -0.4 is 0 Å². The van der Waals surface area contributed by atoms with Crippen LogP contribution >= 0.6 is 7.82 Å². The van der Waals surface area contributed by atoms with Gasteiger partial charge >= 0.3 is 19.8 Å². The minimum Gasteiger partial charge on any atom is -0.479 e. The van der Waals surface area contributed by atoms with Gasteiger partial charge in [0, 0.05) is 0 Å². The first-order chi connectivity index (χ1) is 13.2. The first-order valence-corrected chi connectivity index (χ1v) is 8.99. The molecule has 9 atom stereocenters. The van der Waals surface area contributed by atoms with Crippen molar-refractivity contribution in [2.45, 2.75) is 48.8 Å². The number of aliphatic carboxylic acids is 2. The van der Waals surface area contributed by atoms with E-state index in [9.17, 15) is 49.4 Å². The molecule has 10 N–H and O–H groups in total. The second-order valence-corrected chi connectivity index (χ2v) is 6.97. The molecule has 0 saturated heterocycles. The standard InChI is InChI=1S/C12H21O16P/c13-1-3(14)5(16)6(17)4(15)2-27-29(25,26)28-10(12(23)24)8(19)7(18)9(20)11(21)22/h1,3-10,14-20H,2H2,(H,21,22)(H,23,24)(H,25,26)/t3-,4+,5+,6+,7-,8-,9-,10+/m0/s1. The molecule has 0 amide bonds. The first-order valence-electron chi connectivity index (χ1n) is 7.49. The summed E-state index contributed by atoms with van der Waals surface area (Å²) in [7, 11) is -5.47. The predicted molar refractivity (Wildman–Crippen MR) is 84.0 cm³/mol. The van der Waals surface area contributed by atoms with Gasteiger partial charge in [0.2, 0.25) is 0 Å². The van der Waals surface area contributed by atoms with Crippen LogP contribution in [-0.4, -0.2) is 125 Å². The lowest BCUT2D eigenvalue weighted by atomic mass is 10.0. The number of hydrogen-bond donors (Lipinski definition) is 10. The second kappa shape index (κ2) is 11.6. The molecular weight excluding hydrogens is 431 g/mol. The van der Waals surface area contributed by atoms with E-state index in [2.05, 4.69) is 9.05 Å². The van der Waals surface area contributed by atoms with E-state index in [0.717, 1.165) is 0 Å². The van der Waals surface area contributed by atoms with Crippen LogP contribution in [0.25, 0.3) is 0 Å². The van der Waals surface area contributed by atoms with Gasteiger partial charge in [-0.1, -0.05) is 0 Å². The van der Waals surface area contributed by atoms with Gasteiger partial charge in [-0.2, -0.15) is 0 Å². The number of carboxylic acid groups (broad SMARTS) is 2. The van der Waals surface area contributed by atoms with Crippen molar-refractivity contribution in [3.63, 3.8) is 0 Å². The normalized spacial score (nSPS) is 22.2. The SMILES string of the molecule is O=C[C@H](O)[C@@H](O)[C@H](O)[C@H](O)COP(=O)(O)O[C@@H](C(=O)O)[C@@H](O)[C@H](O)[C@H](O)C(=O)O. The molecule has 0 aliphatic rings. The number of phosphoric ester groups is 1. The zero-order valence-corrected chi connectivity index (χ0v) is 15.2. The minimum absolute atomic E-state index is 0.183. The van der Waals surface area contributed by atoms with Gasteiger partial charge in [-0.05, 0) is 0 Å². The maximum absolute atomic E-state index is 11.8. The van der Waals surface area contributed by atoms with Gasteiger partial charge in [-0.15, -0.1) is 0 Å². The highest BCUT2D eigenvalue weighted by atomic mass is 31.2. The Balaban J connectivity index is 5.10. The minimum atomic E-state index is -5.47. The highest BCUT2D eigenvalue weighted by molar-refractivity contribution is 7.47. The fourth-order valence-electron chi connectivity index (χ4n) is 1.72. The Bertz CT molecular complexity index is 611. The number of aliphatic hydroxyl groups is 7. The average Bonchev–Trinajstić information content (AvgIpc) is 2.66. The molecule has 0 rings (SSSR count). The lowest BCUT2D eigenvalue weighted by Gasteiger charge is -2.27. The van der Waals surface area contributed by atoms with Gasteiger partial charge < -0.3 is 55.6 Å². The molecule has 0 spiro atoms. The molecule has 0 bridgehead atoms. The maximum Gasteiger partial charge on any atom is 0.473 e. The van der Waals surface area contributed by atoms with Crippen LogP contribution in [-0.2, 0) is 28.0 Å². The molecular formula is C12H21O16P. The summed E-state index contributed by atoms with van der Waals surface area (Å²) in [6, 6.07) is 0. The highest BCUT2D eigenvalue weighted by Crippen LogP contribution is 2.45. The van der Waals surface area contributed by atoms with Crippen LogP contribution in [0.4, 0.5) is 0 Å². The number of aldehydes is 1. The molecule has 0 aromatic rings. The van der Waals surface area contributed by atoms with Crippen molar-refractivity contribution in [2.24, 2.45) is 0 Å². The third kappa shape index (κ3) is 8.37. The lowest BCUT2D eigenvalue weighted by molar-refractivity contribution is -0.172. The van der Waals surface area contributed by atoms with E-state index in [1.807, 2.05) is 0 Å². The quantitative estimate of drug-likeness (QED) is 0.0867.